The van der Waals surface area contributed by atoms with Crippen LogP contribution in [-0.2, 0) is 12.0 Å². The largest absolute Gasteiger partial charge is 0.389 e. The highest BCUT2D eigenvalue weighted by Crippen LogP contribution is 2.30. The Hall–Kier alpha value is -1.03. The van der Waals surface area contributed by atoms with Crippen LogP contribution in [-0.4, -0.2) is 11.3 Å². The van der Waals surface area contributed by atoms with E-state index < -0.39 is 18.2 Å². The van der Waals surface area contributed by atoms with E-state index in [0.29, 0.717) is 5.56 Å². The Balaban J connectivity index is 2.68. The van der Waals surface area contributed by atoms with Crippen molar-refractivity contribution in [2.24, 2.45) is 0 Å². The van der Waals surface area contributed by atoms with Gasteiger partial charge in [0.25, 0.3) is 0 Å². The van der Waals surface area contributed by atoms with Crippen molar-refractivity contribution in [2.75, 3.05) is 0 Å². The summed E-state index contributed by atoms with van der Waals surface area (Å²) in [5.74, 6) is 0. The molecule has 1 N–H and O–H groups in total. The van der Waals surface area contributed by atoms with Crippen molar-refractivity contribution in [1.29, 1.82) is 0 Å². The van der Waals surface area contributed by atoms with Crippen molar-refractivity contribution < 1.29 is 18.3 Å². The molecule has 0 saturated heterocycles. The first-order chi connectivity index (χ1) is 8.74. The number of alkyl halides is 3. The maximum Gasteiger partial charge on any atom is 0.389 e. The molecule has 1 aromatic rings. The van der Waals surface area contributed by atoms with Gasteiger partial charge in [-0.05, 0) is 37.3 Å². The molecular formula is C15H21F3O. The fourth-order valence-electron chi connectivity index (χ4n) is 2.13. The maximum atomic E-state index is 12.1. The van der Waals surface area contributed by atoms with Gasteiger partial charge in [0.2, 0.25) is 0 Å². The minimum Gasteiger partial charge on any atom is -0.385 e. The van der Waals surface area contributed by atoms with E-state index in [9.17, 15) is 18.3 Å². The molecule has 1 atom stereocenters. The normalized spacial score (nSPS) is 15.3. The molecule has 0 aliphatic heterocycles. The van der Waals surface area contributed by atoms with Crippen LogP contribution >= 0.6 is 0 Å². The molecule has 19 heavy (non-hydrogen) atoms. The summed E-state index contributed by atoms with van der Waals surface area (Å²) in [4.78, 5) is 0. The van der Waals surface area contributed by atoms with Crippen molar-refractivity contribution >= 4 is 0 Å². The van der Waals surface area contributed by atoms with Crippen LogP contribution in [0.1, 0.15) is 50.7 Å². The highest BCUT2D eigenvalue weighted by molar-refractivity contribution is 5.27. The second-order valence-electron chi connectivity index (χ2n) is 5.19. The van der Waals surface area contributed by atoms with Crippen LogP contribution in [0, 0.1) is 0 Å². The van der Waals surface area contributed by atoms with Crippen LogP contribution in [0.25, 0.3) is 0 Å². The van der Waals surface area contributed by atoms with Crippen LogP contribution in [0.5, 0.6) is 0 Å². The first-order valence-corrected chi connectivity index (χ1v) is 6.63. The summed E-state index contributed by atoms with van der Waals surface area (Å²) in [5, 5.41) is 10.3. The molecule has 0 radical (unpaired) electrons. The molecule has 0 amide bonds. The van der Waals surface area contributed by atoms with E-state index in [0.717, 1.165) is 18.4 Å². The molecule has 1 rings (SSSR count). The van der Waals surface area contributed by atoms with Crippen LogP contribution in [0.2, 0.25) is 0 Å². The molecule has 0 saturated carbocycles. The van der Waals surface area contributed by atoms with Crippen molar-refractivity contribution in [3.8, 4) is 0 Å². The topological polar surface area (TPSA) is 20.2 Å². The molecule has 0 aliphatic rings. The number of benzene rings is 1. The van der Waals surface area contributed by atoms with E-state index >= 15 is 0 Å². The lowest BCUT2D eigenvalue weighted by Crippen LogP contribution is -2.22. The first kappa shape index (κ1) is 16.0. The molecule has 4 heteroatoms. The number of hydrogen-bond acceptors (Lipinski definition) is 1. The summed E-state index contributed by atoms with van der Waals surface area (Å²) in [6, 6.07) is 7.47. The molecule has 0 spiro atoms. The van der Waals surface area contributed by atoms with Gasteiger partial charge < -0.3 is 5.11 Å². The van der Waals surface area contributed by atoms with Crippen molar-refractivity contribution in [3.63, 3.8) is 0 Å². The zero-order valence-corrected chi connectivity index (χ0v) is 11.4. The van der Waals surface area contributed by atoms with E-state index in [1.807, 2.05) is 18.2 Å². The van der Waals surface area contributed by atoms with Gasteiger partial charge in [0.05, 0.1) is 5.60 Å². The molecule has 0 heterocycles. The van der Waals surface area contributed by atoms with Gasteiger partial charge in [0, 0.05) is 6.42 Å². The zero-order valence-electron chi connectivity index (χ0n) is 11.4. The minimum absolute atomic E-state index is 0.0610. The van der Waals surface area contributed by atoms with Gasteiger partial charge in [-0.2, -0.15) is 13.2 Å². The Morgan fingerprint density at radius 1 is 1.16 bits per heavy atom. The maximum absolute atomic E-state index is 12.1. The smallest absolute Gasteiger partial charge is 0.385 e. The highest BCUT2D eigenvalue weighted by atomic mass is 19.4. The summed E-state index contributed by atoms with van der Waals surface area (Å²) in [5.41, 5.74) is 0.603. The minimum atomic E-state index is -4.15. The van der Waals surface area contributed by atoms with Crippen molar-refractivity contribution in [1.82, 2.24) is 0 Å². The Bertz CT molecular complexity index is 397. The van der Waals surface area contributed by atoms with Crippen LogP contribution in [0.15, 0.2) is 24.3 Å². The number of rotatable bonds is 6. The van der Waals surface area contributed by atoms with E-state index in [1.54, 1.807) is 13.0 Å². The standard InChI is InChI=1S/C15H21F3O/c1-3-6-12-7-4-8-13(11-12)14(2,19)9-5-10-15(16,17)18/h4,7-8,11,19H,3,5-6,9-10H2,1-2H3. The third-order valence-corrected chi connectivity index (χ3v) is 3.21. The van der Waals surface area contributed by atoms with Crippen molar-refractivity contribution in [3.05, 3.63) is 35.4 Å². The van der Waals surface area contributed by atoms with Crippen LogP contribution in [0.4, 0.5) is 13.2 Å². The molecule has 1 nitrogen and oxygen atoms in total. The molecular weight excluding hydrogens is 253 g/mol. The summed E-state index contributed by atoms with van der Waals surface area (Å²) in [6.45, 7) is 3.64. The lowest BCUT2D eigenvalue weighted by molar-refractivity contribution is -0.137. The number of halogens is 3. The van der Waals surface area contributed by atoms with Crippen LogP contribution < -0.4 is 0 Å². The molecule has 1 unspecified atom stereocenters. The van der Waals surface area contributed by atoms with E-state index in [1.165, 1.54) is 0 Å². The summed E-state index contributed by atoms with van der Waals surface area (Å²) >= 11 is 0. The third-order valence-electron chi connectivity index (χ3n) is 3.21. The van der Waals surface area contributed by atoms with Gasteiger partial charge in [0.1, 0.15) is 0 Å². The molecule has 0 aliphatic carbocycles. The van der Waals surface area contributed by atoms with E-state index in [2.05, 4.69) is 6.92 Å². The number of hydrogen-bond donors (Lipinski definition) is 1. The van der Waals surface area contributed by atoms with Gasteiger partial charge in [0.15, 0.2) is 0 Å². The Morgan fingerprint density at radius 3 is 2.42 bits per heavy atom. The first-order valence-electron chi connectivity index (χ1n) is 6.63. The number of aliphatic hydroxyl groups is 1. The SMILES string of the molecule is CCCc1cccc(C(C)(O)CCCC(F)(F)F)c1. The van der Waals surface area contributed by atoms with Gasteiger partial charge in [-0.1, -0.05) is 37.6 Å². The lowest BCUT2D eigenvalue weighted by atomic mass is 9.89. The predicted molar refractivity (Wildman–Crippen MR) is 69.9 cm³/mol. The highest BCUT2D eigenvalue weighted by Gasteiger charge is 2.29. The molecule has 0 aromatic heterocycles. The lowest BCUT2D eigenvalue weighted by Gasteiger charge is -2.24. The van der Waals surface area contributed by atoms with E-state index in [4.69, 9.17) is 0 Å². The summed E-state index contributed by atoms with van der Waals surface area (Å²) in [6.07, 6.45) is -3.04. The van der Waals surface area contributed by atoms with Crippen molar-refractivity contribution in [2.45, 2.75) is 57.7 Å². The van der Waals surface area contributed by atoms with Gasteiger partial charge in [-0.15, -0.1) is 0 Å². The molecule has 0 fully saturated rings. The second-order valence-corrected chi connectivity index (χ2v) is 5.19. The molecule has 108 valence electrons. The zero-order chi connectivity index (χ0) is 14.5. The molecule has 0 bridgehead atoms. The summed E-state index contributed by atoms with van der Waals surface area (Å²) in [7, 11) is 0. The predicted octanol–water partition coefficient (Wildman–Crippen LogP) is 4.58. The van der Waals surface area contributed by atoms with Crippen LogP contribution in [0.3, 0.4) is 0 Å². The third kappa shape index (κ3) is 5.64. The van der Waals surface area contributed by atoms with Gasteiger partial charge in [-0.25, -0.2) is 0 Å². The van der Waals surface area contributed by atoms with Gasteiger partial charge >= 0.3 is 6.18 Å². The number of aryl methyl sites for hydroxylation is 1. The second kappa shape index (κ2) is 6.42. The Morgan fingerprint density at radius 2 is 1.84 bits per heavy atom. The average Bonchev–Trinajstić information content (AvgIpc) is 2.28. The Kier molecular flexibility index (Phi) is 5.41. The fraction of sp³-hybridized carbons (Fsp3) is 0.600. The Labute approximate surface area is 112 Å². The monoisotopic (exact) mass is 274 g/mol. The van der Waals surface area contributed by atoms with Gasteiger partial charge in [-0.3, -0.25) is 0 Å². The fourth-order valence-corrected chi connectivity index (χ4v) is 2.13. The summed E-state index contributed by atoms with van der Waals surface area (Å²) < 4.78 is 36.3. The molecule has 1 aromatic carbocycles. The quantitative estimate of drug-likeness (QED) is 0.805. The van der Waals surface area contributed by atoms with E-state index in [-0.39, 0.29) is 12.8 Å². The average molecular weight is 274 g/mol.